The quantitative estimate of drug-likeness (QED) is 0.720. The van der Waals surface area contributed by atoms with Gasteiger partial charge in [-0.05, 0) is 25.2 Å². The molecular formula is C13H22N2O2. The van der Waals surface area contributed by atoms with Gasteiger partial charge in [0.2, 0.25) is 5.91 Å². The number of carbonyl (C=O) groups excluding carboxylic acids is 1. The summed E-state index contributed by atoms with van der Waals surface area (Å²) in [5, 5.41) is 11.9. The Morgan fingerprint density at radius 2 is 2.18 bits per heavy atom. The van der Waals surface area contributed by atoms with Crippen LogP contribution in [-0.2, 0) is 9.53 Å². The van der Waals surface area contributed by atoms with Crippen molar-refractivity contribution in [1.29, 1.82) is 5.26 Å². The standard InChI is InChI=1S/C13H22N2O2/c1-2-8-17-10-13(16)15-12(9-14)11-6-4-3-5-7-11/h11-12H,2-8,10H2,1H3,(H,15,16). The number of carbonyl (C=O) groups is 1. The van der Waals surface area contributed by atoms with Gasteiger partial charge in [0.05, 0.1) is 6.07 Å². The summed E-state index contributed by atoms with van der Waals surface area (Å²) in [5.41, 5.74) is 0. The molecule has 1 aliphatic carbocycles. The molecule has 0 bridgehead atoms. The summed E-state index contributed by atoms with van der Waals surface area (Å²) < 4.78 is 5.16. The van der Waals surface area contributed by atoms with Crippen LogP contribution in [0.2, 0.25) is 0 Å². The molecule has 0 radical (unpaired) electrons. The van der Waals surface area contributed by atoms with Crippen LogP contribution < -0.4 is 5.32 Å². The van der Waals surface area contributed by atoms with Gasteiger partial charge < -0.3 is 10.1 Å². The molecule has 1 atom stereocenters. The first-order valence-electron chi connectivity index (χ1n) is 6.54. The summed E-state index contributed by atoms with van der Waals surface area (Å²) in [6.45, 7) is 2.66. The van der Waals surface area contributed by atoms with Gasteiger partial charge in [-0.3, -0.25) is 4.79 Å². The van der Waals surface area contributed by atoms with Crippen LogP contribution in [0.15, 0.2) is 0 Å². The number of amides is 1. The van der Waals surface area contributed by atoms with E-state index < -0.39 is 0 Å². The first-order valence-corrected chi connectivity index (χ1v) is 6.54. The molecule has 96 valence electrons. The van der Waals surface area contributed by atoms with E-state index in [2.05, 4.69) is 11.4 Å². The molecule has 1 saturated carbocycles. The van der Waals surface area contributed by atoms with Crippen LogP contribution in [0.1, 0.15) is 45.4 Å². The molecule has 0 saturated heterocycles. The molecule has 0 aromatic heterocycles. The molecule has 0 aliphatic heterocycles. The van der Waals surface area contributed by atoms with E-state index in [-0.39, 0.29) is 18.6 Å². The Hall–Kier alpha value is -1.08. The van der Waals surface area contributed by atoms with Crippen LogP contribution >= 0.6 is 0 Å². The van der Waals surface area contributed by atoms with E-state index in [0.717, 1.165) is 19.3 Å². The van der Waals surface area contributed by atoms with E-state index >= 15 is 0 Å². The number of hydrogen-bond donors (Lipinski definition) is 1. The van der Waals surface area contributed by atoms with E-state index in [9.17, 15) is 4.79 Å². The summed E-state index contributed by atoms with van der Waals surface area (Å²) in [5.74, 6) is 0.152. The molecule has 1 N–H and O–H groups in total. The number of hydrogen-bond acceptors (Lipinski definition) is 3. The fourth-order valence-corrected chi connectivity index (χ4v) is 2.25. The fraction of sp³-hybridized carbons (Fsp3) is 0.846. The van der Waals surface area contributed by atoms with Gasteiger partial charge in [0.25, 0.3) is 0 Å². The molecule has 4 nitrogen and oxygen atoms in total. The van der Waals surface area contributed by atoms with Gasteiger partial charge in [-0.15, -0.1) is 0 Å². The van der Waals surface area contributed by atoms with Crippen molar-refractivity contribution in [2.45, 2.75) is 51.5 Å². The summed E-state index contributed by atoms with van der Waals surface area (Å²) in [7, 11) is 0. The van der Waals surface area contributed by atoms with Crippen molar-refractivity contribution in [3.05, 3.63) is 0 Å². The van der Waals surface area contributed by atoms with Crippen LogP contribution in [0.3, 0.4) is 0 Å². The summed E-state index contributed by atoms with van der Waals surface area (Å²) >= 11 is 0. The van der Waals surface area contributed by atoms with Crippen molar-refractivity contribution in [3.8, 4) is 6.07 Å². The van der Waals surface area contributed by atoms with Crippen molar-refractivity contribution in [2.24, 2.45) is 5.92 Å². The average Bonchev–Trinajstić information content (AvgIpc) is 2.37. The first kappa shape index (κ1) is 14.0. The van der Waals surface area contributed by atoms with Crippen molar-refractivity contribution < 1.29 is 9.53 Å². The Labute approximate surface area is 103 Å². The minimum absolute atomic E-state index is 0.0682. The highest BCUT2D eigenvalue weighted by Gasteiger charge is 2.24. The molecule has 0 aromatic rings. The molecule has 0 heterocycles. The first-order chi connectivity index (χ1) is 8.27. The van der Waals surface area contributed by atoms with E-state index in [1.165, 1.54) is 19.3 Å². The summed E-state index contributed by atoms with van der Waals surface area (Å²) in [6, 6.07) is 1.87. The minimum Gasteiger partial charge on any atom is -0.372 e. The molecule has 1 amide bonds. The Balaban J connectivity index is 2.30. The molecule has 4 heteroatoms. The third kappa shape index (κ3) is 5.18. The maximum Gasteiger partial charge on any atom is 0.247 e. The Bertz CT molecular complexity index is 267. The van der Waals surface area contributed by atoms with Crippen LogP contribution in [0, 0.1) is 17.2 Å². The van der Waals surface area contributed by atoms with Gasteiger partial charge in [0.1, 0.15) is 12.6 Å². The van der Waals surface area contributed by atoms with E-state index in [1.807, 2.05) is 6.92 Å². The number of nitrogens with one attached hydrogen (secondary N) is 1. The van der Waals surface area contributed by atoms with Crippen molar-refractivity contribution >= 4 is 5.91 Å². The Morgan fingerprint density at radius 1 is 1.47 bits per heavy atom. The SMILES string of the molecule is CCCOCC(=O)NC(C#N)C1CCCCC1. The van der Waals surface area contributed by atoms with E-state index in [1.54, 1.807) is 0 Å². The Morgan fingerprint density at radius 3 is 2.76 bits per heavy atom. The monoisotopic (exact) mass is 238 g/mol. The highest BCUT2D eigenvalue weighted by atomic mass is 16.5. The van der Waals surface area contributed by atoms with Crippen LogP contribution in [0.5, 0.6) is 0 Å². The molecule has 0 spiro atoms. The lowest BCUT2D eigenvalue weighted by molar-refractivity contribution is -0.126. The third-order valence-electron chi connectivity index (χ3n) is 3.16. The second kappa shape index (κ2) is 8.08. The number of nitrogens with zero attached hydrogens (tertiary/aromatic N) is 1. The summed E-state index contributed by atoms with van der Waals surface area (Å²) in [6.07, 6.45) is 6.60. The van der Waals surface area contributed by atoms with E-state index in [0.29, 0.717) is 12.5 Å². The zero-order chi connectivity index (χ0) is 12.5. The molecular weight excluding hydrogens is 216 g/mol. The highest BCUT2D eigenvalue weighted by Crippen LogP contribution is 2.26. The van der Waals surface area contributed by atoms with Gasteiger partial charge in [0.15, 0.2) is 0 Å². The molecule has 1 unspecified atom stereocenters. The minimum atomic E-state index is -0.340. The molecule has 1 aliphatic rings. The van der Waals surface area contributed by atoms with E-state index in [4.69, 9.17) is 10.00 Å². The largest absolute Gasteiger partial charge is 0.372 e. The molecule has 17 heavy (non-hydrogen) atoms. The average molecular weight is 238 g/mol. The molecule has 0 aromatic carbocycles. The smallest absolute Gasteiger partial charge is 0.247 e. The van der Waals surface area contributed by atoms with Gasteiger partial charge in [-0.1, -0.05) is 26.2 Å². The predicted octanol–water partition coefficient (Wildman–Crippen LogP) is 2.00. The van der Waals surface area contributed by atoms with Gasteiger partial charge in [-0.2, -0.15) is 5.26 Å². The highest BCUT2D eigenvalue weighted by molar-refractivity contribution is 5.77. The van der Waals surface area contributed by atoms with Crippen LogP contribution in [0.4, 0.5) is 0 Å². The number of ether oxygens (including phenoxy) is 1. The van der Waals surface area contributed by atoms with Crippen LogP contribution in [-0.4, -0.2) is 25.2 Å². The van der Waals surface area contributed by atoms with Crippen LogP contribution in [0.25, 0.3) is 0 Å². The Kier molecular flexibility index (Phi) is 6.64. The predicted molar refractivity (Wildman–Crippen MR) is 65.2 cm³/mol. The molecule has 1 fully saturated rings. The maximum atomic E-state index is 11.5. The normalized spacial score (nSPS) is 18.4. The number of nitriles is 1. The maximum absolute atomic E-state index is 11.5. The number of rotatable bonds is 6. The van der Waals surface area contributed by atoms with Gasteiger partial charge in [-0.25, -0.2) is 0 Å². The van der Waals surface area contributed by atoms with Gasteiger partial charge >= 0.3 is 0 Å². The third-order valence-corrected chi connectivity index (χ3v) is 3.16. The fourth-order valence-electron chi connectivity index (χ4n) is 2.25. The molecule has 1 rings (SSSR count). The van der Waals surface area contributed by atoms with Gasteiger partial charge in [0, 0.05) is 6.61 Å². The zero-order valence-electron chi connectivity index (χ0n) is 10.6. The van der Waals surface area contributed by atoms with Crippen molar-refractivity contribution in [1.82, 2.24) is 5.32 Å². The zero-order valence-corrected chi connectivity index (χ0v) is 10.6. The lowest BCUT2D eigenvalue weighted by Crippen LogP contribution is -2.41. The summed E-state index contributed by atoms with van der Waals surface area (Å²) in [4.78, 5) is 11.5. The second-order valence-electron chi connectivity index (χ2n) is 4.62. The van der Waals surface area contributed by atoms with Crippen molar-refractivity contribution in [3.63, 3.8) is 0 Å². The lowest BCUT2D eigenvalue weighted by atomic mass is 9.84. The lowest BCUT2D eigenvalue weighted by Gasteiger charge is -2.26. The second-order valence-corrected chi connectivity index (χ2v) is 4.62. The topological polar surface area (TPSA) is 62.1 Å². The van der Waals surface area contributed by atoms with Crippen molar-refractivity contribution in [2.75, 3.05) is 13.2 Å².